The minimum Gasteiger partial charge on any atom is -0.312 e. The van der Waals surface area contributed by atoms with Gasteiger partial charge >= 0.3 is 0 Å². The predicted octanol–water partition coefficient (Wildman–Crippen LogP) is -0.457. The van der Waals surface area contributed by atoms with Crippen LogP contribution in [-0.2, 0) is 0 Å². The van der Waals surface area contributed by atoms with Crippen LogP contribution in [0.1, 0.15) is 6.42 Å². The van der Waals surface area contributed by atoms with Crippen LogP contribution in [0.25, 0.3) is 0 Å². The Morgan fingerprint density at radius 1 is 1.70 bits per heavy atom. The molecule has 0 aromatic carbocycles. The van der Waals surface area contributed by atoms with Crippen molar-refractivity contribution >= 4 is 0 Å². The van der Waals surface area contributed by atoms with Crippen LogP contribution in [0.2, 0.25) is 0 Å². The monoisotopic (exact) mass is 137 g/mol. The lowest BCUT2D eigenvalue weighted by Crippen LogP contribution is -2.49. The van der Waals surface area contributed by atoms with E-state index in [1.165, 1.54) is 0 Å². The number of rotatable bonds is 0. The lowest BCUT2D eigenvalue weighted by Gasteiger charge is -2.25. The summed E-state index contributed by atoms with van der Waals surface area (Å²) in [6.45, 7) is 2.98. The fraction of sp³-hybridized carbons (Fsp3) is 0.857. The van der Waals surface area contributed by atoms with Crippen LogP contribution >= 0.6 is 0 Å². The molecule has 0 spiro atoms. The fourth-order valence-corrected chi connectivity index (χ4v) is 2.02. The van der Waals surface area contributed by atoms with Gasteiger partial charge in [0.05, 0.1) is 6.07 Å². The summed E-state index contributed by atoms with van der Waals surface area (Å²) >= 11 is 0. The van der Waals surface area contributed by atoms with E-state index < -0.39 is 5.54 Å². The summed E-state index contributed by atoms with van der Waals surface area (Å²) in [4.78, 5) is 2.27. The number of nitriles is 1. The van der Waals surface area contributed by atoms with Crippen molar-refractivity contribution in [3.8, 4) is 6.07 Å². The van der Waals surface area contributed by atoms with Gasteiger partial charge in [-0.2, -0.15) is 5.26 Å². The minimum absolute atomic E-state index is 0.442. The van der Waals surface area contributed by atoms with Gasteiger partial charge < -0.3 is 10.6 Å². The Kier molecular flexibility index (Phi) is 1.05. The molecule has 54 valence electrons. The van der Waals surface area contributed by atoms with Crippen molar-refractivity contribution in [2.45, 2.75) is 12.0 Å². The van der Waals surface area contributed by atoms with Gasteiger partial charge in [-0.3, -0.25) is 0 Å². The lowest BCUT2D eigenvalue weighted by molar-refractivity contribution is 0.307. The van der Waals surface area contributed by atoms with E-state index in [2.05, 4.69) is 11.0 Å². The SMILES string of the molecule is N#C[C@@]1(N)CN2CC[C@H]1C2. The third-order valence-corrected chi connectivity index (χ3v) is 2.69. The average Bonchev–Trinajstić information content (AvgIpc) is 2.46. The van der Waals surface area contributed by atoms with Gasteiger partial charge in [0, 0.05) is 19.0 Å². The molecule has 0 aromatic rings. The molecule has 3 nitrogen and oxygen atoms in total. The molecule has 2 aliphatic heterocycles. The van der Waals surface area contributed by atoms with Crippen LogP contribution in [0.4, 0.5) is 0 Å². The van der Waals surface area contributed by atoms with E-state index in [0.717, 1.165) is 26.1 Å². The second kappa shape index (κ2) is 1.71. The molecule has 2 bridgehead atoms. The van der Waals surface area contributed by atoms with E-state index in [1.807, 2.05) is 0 Å². The zero-order chi connectivity index (χ0) is 7.19. The molecule has 10 heavy (non-hydrogen) atoms. The molecule has 0 aliphatic carbocycles. The second-order valence-corrected chi connectivity index (χ2v) is 3.37. The summed E-state index contributed by atoms with van der Waals surface area (Å²) in [5, 5.41) is 8.75. The number of fused-ring (bicyclic) bond motifs is 2. The van der Waals surface area contributed by atoms with Crippen LogP contribution < -0.4 is 5.73 Å². The van der Waals surface area contributed by atoms with Crippen LogP contribution in [-0.4, -0.2) is 30.1 Å². The highest BCUT2D eigenvalue weighted by Gasteiger charge is 2.47. The van der Waals surface area contributed by atoms with Crippen molar-refractivity contribution in [1.82, 2.24) is 4.90 Å². The van der Waals surface area contributed by atoms with Crippen molar-refractivity contribution in [1.29, 1.82) is 5.26 Å². The third kappa shape index (κ3) is 0.606. The van der Waals surface area contributed by atoms with Gasteiger partial charge in [0.15, 0.2) is 0 Å². The van der Waals surface area contributed by atoms with Crippen molar-refractivity contribution < 1.29 is 0 Å². The fourth-order valence-electron chi connectivity index (χ4n) is 2.02. The Balaban J connectivity index is 2.24. The van der Waals surface area contributed by atoms with E-state index in [-0.39, 0.29) is 0 Å². The zero-order valence-corrected chi connectivity index (χ0v) is 5.88. The van der Waals surface area contributed by atoms with Gasteiger partial charge in [-0.25, -0.2) is 0 Å². The van der Waals surface area contributed by atoms with E-state index >= 15 is 0 Å². The molecule has 2 saturated heterocycles. The Bertz CT molecular complexity index is 196. The maximum Gasteiger partial charge on any atom is 0.121 e. The first kappa shape index (κ1) is 6.14. The van der Waals surface area contributed by atoms with Crippen molar-refractivity contribution in [3.05, 3.63) is 0 Å². The van der Waals surface area contributed by atoms with Crippen molar-refractivity contribution in [2.24, 2.45) is 11.7 Å². The van der Waals surface area contributed by atoms with Crippen LogP contribution in [0, 0.1) is 17.2 Å². The van der Waals surface area contributed by atoms with Crippen molar-refractivity contribution in [3.63, 3.8) is 0 Å². The molecule has 3 heteroatoms. The van der Waals surface area contributed by atoms with E-state index in [0.29, 0.717) is 5.92 Å². The molecule has 2 fully saturated rings. The molecule has 2 N–H and O–H groups in total. The Hall–Kier alpha value is -0.590. The van der Waals surface area contributed by atoms with Gasteiger partial charge in [-0.1, -0.05) is 0 Å². The molecule has 0 radical (unpaired) electrons. The molecular formula is C7H11N3. The quantitative estimate of drug-likeness (QED) is 0.491. The number of hydrogen-bond donors (Lipinski definition) is 1. The first-order valence-corrected chi connectivity index (χ1v) is 3.67. The largest absolute Gasteiger partial charge is 0.312 e. The summed E-state index contributed by atoms with van der Waals surface area (Å²) in [5.74, 6) is 0.442. The van der Waals surface area contributed by atoms with Crippen LogP contribution in [0.15, 0.2) is 0 Å². The molecular weight excluding hydrogens is 126 g/mol. The standard InChI is InChI=1S/C7H11N3/c8-4-7(9)5-10-2-1-6(7)3-10/h6H,1-3,5,9H2/t6-,7+/m0/s1. The highest BCUT2D eigenvalue weighted by Crippen LogP contribution is 2.33. The van der Waals surface area contributed by atoms with Gasteiger partial charge in [-0.15, -0.1) is 0 Å². The van der Waals surface area contributed by atoms with Gasteiger partial charge in [0.25, 0.3) is 0 Å². The first-order chi connectivity index (χ1) is 4.74. The Morgan fingerprint density at radius 2 is 2.50 bits per heavy atom. The molecule has 0 amide bonds. The molecule has 3 atom stereocenters. The third-order valence-electron chi connectivity index (χ3n) is 2.69. The van der Waals surface area contributed by atoms with Crippen LogP contribution in [0.3, 0.4) is 0 Å². The second-order valence-electron chi connectivity index (χ2n) is 3.37. The maximum atomic E-state index is 8.75. The van der Waals surface area contributed by atoms with Crippen molar-refractivity contribution in [2.75, 3.05) is 19.6 Å². The maximum absolute atomic E-state index is 8.75. The summed E-state index contributed by atoms with van der Waals surface area (Å²) in [5.41, 5.74) is 5.33. The molecule has 2 rings (SSSR count). The summed E-state index contributed by atoms with van der Waals surface area (Å²) in [6.07, 6.45) is 1.12. The molecule has 0 aromatic heterocycles. The van der Waals surface area contributed by atoms with Gasteiger partial charge in [-0.05, 0) is 13.0 Å². The lowest BCUT2D eigenvalue weighted by atomic mass is 9.87. The molecule has 2 heterocycles. The minimum atomic E-state index is -0.516. The first-order valence-electron chi connectivity index (χ1n) is 3.67. The predicted molar refractivity (Wildman–Crippen MR) is 37.1 cm³/mol. The van der Waals surface area contributed by atoms with E-state index in [1.54, 1.807) is 0 Å². The van der Waals surface area contributed by atoms with Crippen LogP contribution in [0.5, 0.6) is 0 Å². The Morgan fingerprint density at radius 3 is 2.80 bits per heavy atom. The normalized spacial score (nSPS) is 51.2. The highest BCUT2D eigenvalue weighted by molar-refractivity contribution is 5.17. The number of hydrogen-bond acceptors (Lipinski definition) is 3. The number of nitrogens with zero attached hydrogens (tertiary/aromatic N) is 2. The topological polar surface area (TPSA) is 53.1 Å². The molecule has 2 aliphatic rings. The molecule has 0 saturated carbocycles. The highest BCUT2D eigenvalue weighted by atomic mass is 15.2. The van der Waals surface area contributed by atoms with E-state index in [9.17, 15) is 0 Å². The zero-order valence-electron chi connectivity index (χ0n) is 5.88. The molecule has 1 unspecified atom stereocenters. The van der Waals surface area contributed by atoms with Gasteiger partial charge in [0.1, 0.15) is 5.54 Å². The smallest absolute Gasteiger partial charge is 0.121 e. The average molecular weight is 137 g/mol. The number of piperidine rings is 1. The summed E-state index contributed by atoms with van der Waals surface area (Å²) < 4.78 is 0. The summed E-state index contributed by atoms with van der Waals surface area (Å²) in [7, 11) is 0. The van der Waals surface area contributed by atoms with Gasteiger partial charge in [0.2, 0.25) is 0 Å². The summed E-state index contributed by atoms with van der Waals surface area (Å²) in [6, 6.07) is 2.21. The van der Waals surface area contributed by atoms with E-state index in [4.69, 9.17) is 11.0 Å². The Labute approximate surface area is 60.4 Å². The number of nitrogens with two attached hydrogens (primary N) is 1.